The van der Waals surface area contributed by atoms with Crippen molar-refractivity contribution in [3.05, 3.63) is 40.8 Å². The van der Waals surface area contributed by atoms with E-state index in [9.17, 15) is 4.91 Å². The molecule has 0 saturated carbocycles. The number of benzene rings is 1. The van der Waals surface area contributed by atoms with E-state index in [0.29, 0.717) is 13.0 Å². The van der Waals surface area contributed by atoms with E-state index in [2.05, 4.69) is 9.68 Å². The van der Waals surface area contributed by atoms with Gasteiger partial charge >= 0.3 is 5.09 Å². The minimum atomic E-state index is 0.100. The lowest BCUT2D eigenvalue weighted by Gasteiger charge is -1.95. The number of hydrogen-bond donors (Lipinski definition) is 0. The first-order valence-corrected chi connectivity index (χ1v) is 4.01. The van der Waals surface area contributed by atoms with Crippen LogP contribution < -0.4 is 0 Å². The molecule has 4 heteroatoms. The fourth-order valence-corrected chi connectivity index (χ4v) is 0.935. The topological polar surface area (TPSA) is 38.5 Å². The summed E-state index contributed by atoms with van der Waals surface area (Å²) in [6, 6.07) is 9.79. The van der Waals surface area contributed by atoms with Gasteiger partial charge in [0, 0.05) is 6.42 Å². The maximum absolute atomic E-state index is 10.5. The second kappa shape index (κ2) is 5.13. The Morgan fingerprint density at radius 1 is 1.31 bits per heavy atom. The lowest BCUT2D eigenvalue weighted by molar-refractivity contribution is -0.976. The van der Waals surface area contributed by atoms with Crippen molar-refractivity contribution in [3.63, 3.8) is 0 Å². The zero-order chi connectivity index (χ0) is 9.52. The molecule has 1 aromatic rings. The highest BCUT2D eigenvalue weighted by Crippen LogP contribution is 1.99. The van der Waals surface area contributed by atoms with Gasteiger partial charge in [-0.15, -0.1) is 0 Å². The average molecular weight is 182 g/mol. The summed E-state index contributed by atoms with van der Waals surface area (Å²) in [5, 5.41) is 0.100. The molecule has 0 aliphatic heterocycles. The first-order valence-electron chi connectivity index (χ1n) is 4.01. The molecule has 0 aliphatic carbocycles. The van der Waals surface area contributed by atoms with Crippen LogP contribution in [0.2, 0.25) is 0 Å². The smallest absolute Gasteiger partial charge is 0.190 e. The van der Waals surface area contributed by atoms with Crippen molar-refractivity contribution >= 4 is 0 Å². The maximum atomic E-state index is 10.5. The molecule has 0 spiro atoms. The van der Waals surface area contributed by atoms with Crippen molar-refractivity contribution in [2.24, 2.45) is 0 Å². The quantitative estimate of drug-likeness (QED) is 0.648. The Labute approximate surface area is 76.6 Å². The molecule has 0 aromatic heterocycles. The molecule has 0 saturated heterocycles. The molecule has 1 aromatic carbocycles. The van der Waals surface area contributed by atoms with Crippen LogP contribution in [0.15, 0.2) is 30.3 Å². The number of nitrogens with zero attached hydrogens (tertiary/aromatic N) is 1. The first-order chi connectivity index (χ1) is 6.33. The zero-order valence-electron chi connectivity index (χ0n) is 7.47. The molecule has 4 nitrogen and oxygen atoms in total. The predicted molar refractivity (Wildman–Crippen MR) is 46.7 cm³/mol. The third-order valence-corrected chi connectivity index (χ3v) is 1.58. The molecule has 70 valence electrons. The molecule has 0 atom stereocenters. The molecule has 0 N–H and O–H groups in total. The lowest BCUT2D eigenvalue weighted by Crippen LogP contribution is -2.09. The average Bonchev–Trinajstić information content (AvgIpc) is 2.19. The van der Waals surface area contributed by atoms with Gasteiger partial charge < -0.3 is 0 Å². The van der Waals surface area contributed by atoms with Crippen LogP contribution >= 0.6 is 0 Å². The van der Waals surface area contributed by atoms with Crippen molar-refractivity contribution in [1.82, 2.24) is 0 Å². The normalized spacial score (nSPS) is 9.31. The maximum Gasteiger partial charge on any atom is 0.477 e. The van der Waals surface area contributed by atoms with Crippen molar-refractivity contribution in [2.45, 2.75) is 6.42 Å². The fourth-order valence-electron chi connectivity index (χ4n) is 0.935. The Kier molecular flexibility index (Phi) is 3.75. The molecule has 0 fully saturated rings. The summed E-state index contributed by atoms with van der Waals surface area (Å²) in [5.74, 6) is 0. The predicted octanol–water partition coefficient (Wildman–Crippen LogP) is 1.50. The van der Waals surface area contributed by atoms with Crippen LogP contribution in [0.1, 0.15) is 5.56 Å². The van der Waals surface area contributed by atoms with Gasteiger partial charge in [0.25, 0.3) is 0 Å². The van der Waals surface area contributed by atoms with E-state index >= 15 is 0 Å². The van der Waals surface area contributed by atoms with E-state index in [-0.39, 0.29) is 5.09 Å². The van der Waals surface area contributed by atoms with Gasteiger partial charge in [-0.25, -0.2) is 0 Å². The molecular weight excluding hydrogens is 170 g/mol. The van der Waals surface area contributed by atoms with E-state index in [4.69, 9.17) is 0 Å². The van der Waals surface area contributed by atoms with Gasteiger partial charge in [-0.1, -0.05) is 30.3 Å². The zero-order valence-corrected chi connectivity index (χ0v) is 7.47. The van der Waals surface area contributed by atoms with Crippen LogP contribution in [0.4, 0.5) is 0 Å². The summed E-state index contributed by atoms with van der Waals surface area (Å²) in [7, 11) is 1.26. The third kappa shape index (κ3) is 3.55. The summed E-state index contributed by atoms with van der Waals surface area (Å²) in [4.78, 5) is 19.4. The van der Waals surface area contributed by atoms with Gasteiger partial charge in [-0.2, -0.15) is 9.68 Å². The summed E-state index contributed by atoms with van der Waals surface area (Å²) in [5.41, 5.74) is 1.13. The highest BCUT2D eigenvalue weighted by Gasteiger charge is 2.07. The molecule has 0 unspecified atom stereocenters. The van der Waals surface area contributed by atoms with Crippen molar-refractivity contribution in [1.29, 1.82) is 0 Å². The van der Waals surface area contributed by atoms with E-state index in [1.165, 1.54) is 7.11 Å². The molecule has 0 radical (unpaired) electrons. The molecule has 0 bridgehead atoms. The minimum absolute atomic E-state index is 0.100. The SMILES string of the molecule is CO[N+](=O)OCCc1ccccc1. The van der Waals surface area contributed by atoms with Crippen LogP contribution in [-0.2, 0) is 16.1 Å². The Morgan fingerprint density at radius 2 is 2.00 bits per heavy atom. The van der Waals surface area contributed by atoms with Crippen molar-refractivity contribution < 1.29 is 14.8 Å². The van der Waals surface area contributed by atoms with Crippen LogP contribution in [0, 0.1) is 4.91 Å². The molecule has 0 amide bonds. The summed E-state index contributed by atoms with van der Waals surface area (Å²) < 4.78 is 0. The summed E-state index contributed by atoms with van der Waals surface area (Å²) in [6.45, 7) is 0.321. The third-order valence-electron chi connectivity index (χ3n) is 1.58. The van der Waals surface area contributed by atoms with E-state index in [1.807, 2.05) is 30.3 Å². The first kappa shape index (κ1) is 9.51. The Morgan fingerprint density at radius 3 is 2.62 bits per heavy atom. The van der Waals surface area contributed by atoms with Crippen LogP contribution in [0.25, 0.3) is 0 Å². The summed E-state index contributed by atoms with van der Waals surface area (Å²) >= 11 is 0. The van der Waals surface area contributed by atoms with Crippen LogP contribution in [-0.4, -0.2) is 18.8 Å². The minimum Gasteiger partial charge on any atom is -0.190 e. The van der Waals surface area contributed by atoms with Gasteiger partial charge in [0.2, 0.25) is 0 Å². The highest BCUT2D eigenvalue weighted by atomic mass is 17.0. The Hall–Kier alpha value is -1.58. The van der Waals surface area contributed by atoms with Gasteiger partial charge in [0.05, 0.1) is 0 Å². The van der Waals surface area contributed by atoms with Gasteiger partial charge in [0.1, 0.15) is 4.91 Å². The van der Waals surface area contributed by atoms with E-state index in [0.717, 1.165) is 5.56 Å². The number of hydrogen-bond acceptors (Lipinski definition) is 3. The van der Waals surface area contributed by atoms with Gasteiger partial charge in [0.15, 0.2) is 13.7 Å². The standard InChI is InChI=1S/C9H12NO3/c1-12-10(11)13-8-7-9-5-3-2-4-6-9/h2-6H,7-8H2,1H3/q+1. The number of rotatable bonds is 5. The second-order valence-electron chi connectivity index (χ2n) is 2.48. The highest BCUT2D eigenvalue weighted by molar-refractivity contribution is 5.14. The second-order valence-corrected chi connectivity index (χ2v) is 2.48. The van der Waals surface area contributed by atoms with Gasteiger partial charge in [-0.3, -0.25) is 0 Å². The van der Waals surface area contributed by atoms with Crippen LogP contribution in [0.5, 0.6) is 0 Å². The molecular formula is C9H12NO3+. The van der Waals surface area contributed by atoms with E-state index in [1.54, 1.807) is 0 Å². The monoisotopic (exact) mass is 182 g/mol. The van der Waals surface area contributed by atoms with Crippen molar-refractivity contribution in [3.8, 4) is 0 Å². The molecule has 13 heavy (non-hydrogen) atoms. The summed E-state index contributed by atoms with van der Waals surface area (Å²) in [6.07, 6.45) is 0.697. The van der Waals surface area contributed by atoms with E-state index < -0.39 is 0 Å². The fraction of sp³-hybridized carbons (Fsp3) is 0.333. The molecule has 0 aliphatic rings. The lowest BCUT2D eigenvalue weighted by atomic mass is 10.2. The van der Waals surface area contributed by atoms with Crippen molar-refractivity contribution in [2.75, 3.05) is 13.7 Å². The Balaban J connectivity index is 2.24. The molecule has 0 heterocycles. The Bertz CT molecular complexity index is 261. The largest absolute Gasteiger partial charge is 0.477 e. The van der Waals surface area contributed by atoms with Gasteiger partial charge in [-0.05, 0) is 5.56 Å². The van der Waals surface area contributed by atoms with Crippen LogP contribution in [0.3, 0.4) is 0 Å². The molecule has 1 rings (SSSR count).